The summed E-state index contributed by atoms with van der Waals surface area (Å²) in [6.07, 6.45) is 1.50. The molecule has 0 atom stereocenters. The van der Waals surface area contributed by atoms with Gasteiger partial charge in [-0.1, -0.05) is 42.5 Å². The van der Waals surface area contributed by atoms with Crippen molar-refractivity contribution in [3.8, 4) is 23.0 Å². The Morgan fingerprint density at radius 3 is 2.48 bits per heavy atom. The average Bonchev–Trinajstić information content (AvgIpc) is 3.41. The smallest absolute Gasteiger partial charge is 0.211 e. The molecule has 164 valence electrons. The third-order valence-electron chi connectivity index (χ3n) is 5.37. The van der Waals surface area contributed by atoms with Crippen LogP contribution in [-0.2, 0) is 0 Å². The number of nitrogens with zero attached hydrogens (tertiary/aromatic N) is 3. The second-order valence-electron chi connectivity index (χ2n) is 7.68. The second-order valence-corrected chi connectivity index (χ2v) is 8.51. The van der Waals surface area contributed by atoms with Gasteiger partial charge in [-0.2, -0.15) is 5.10 Å². The van der Waals surface area contributed by atoms with Gasteiger partial charge in [-0.05, 0) is 49.2 Å². The maximum absolute atomic E-state index is 10.2. The molecule has 7 heteroatoms. The number of aromatic hydroxyl groups is 2. The van der Waals surface area contributed by atoms with E-state index in [4.69, 9.17) is 9.41 Å². The minimum Gasteiger partial charge on any atom is -0.504 e. The van der Waals surface area contributed by atoms with Gasteiger partial charge < -0.3 is 14.6 Å². The van der Waals surface area contributed by atoms with Crippen LogP contribution in [0.5, 0.6) is 11.5 Å². The third-order valence-corrected chi connectivity index (χ3v) is 6.18. The van der Waals surface area contributed by atoms with Crippen LogP contribution < -0.4 is 4.80 Å². The van der Waals surface area contributed by atoms with Crippen molar-refractivity contribution in [2.75, 3.05) is 0 Å². The van der Waals surface area contributed by atoms with Gasteiger partial charge in [-0.3, -0.25) is 0 Å². The lowest BCUT2D eigenvalue weighted by Crippen LogP contribution is -2.11. The Bertz CT molecular complexity index is 1520. The number of fused-ring (bicyclic) bond motifs is 1. The summed E-state index contributed by atoms with van der Waals surface area (Å²) >= 11 is 1.45. The summed E-state index contributed by atoms with van der Waals surface area (Å²) in [5, 5.41) is 27.6. The average molecular weight is 456 g/mol. The van der Waals surface area contributed by atoms with Crippen LogP contribution in [0.25, 0.3) is 22.4 Å². The number of phenolic OH excluding ortho intramolecular Hbond substituents is 2. The SMILES string of the molecule is Cc1cccc(C)c1N=c1scc(-c2cc3ccccc3o2)n1N=Cc1cccc(O)c1O. The summed E-state index contributed by atoms with van der Waals surface area (Å²) in [5.74, 6) is 0.232. The normalized spacial score (nSPS) is 12.2. The first-order chi connectivity index (χ1) is 16.0. The minimum atomic E-state index is -0.226. The van der Waals surface area contributed by atoms with Gasteiger partial charge in [-0.15, -0.1) is 11.3 Å². The highest BCUT2D eigenvalue weighted by molar-refractivity contribution is 7.07. The summed E-state index contributed by atoms with van der Waals surface area (Å²) in [6.45, 7) is 4.05. The van der Waals surface area contributed by atoms with Crippen LogP contribution in [0.15, 0.2) is 86.6 Å². The third kappa shape index (κ3) is 3.94. The van der Waals surface area contributed by atoms with E-state index in [1.54, 1.807) is 16.8 Å². The largest absolute Gasteiger partial charge is 0.504 e. The van der Waals surface area contributed by atoms with E-state index in [9.17, 15) is 10.2 Å². The molecule has 0 spiro atoms. The Labute approximate surface area is 194 Å². The number of rotatable bonds is 4. The monoisotopic (exact) mass is 455 g/mol. The van der Waals surface area contributed by atoms with E-state index in [-0.39, 0.29) is 11.5 Å². The van der Waals surface area contributed by atoms with E-state index >= 15 is 0 Å². The Morgan fingerprint density at radius 2 is 1.70 bits per heavy atom. The van der Waals surface area contributed by atoms with Crippen LogP contribution >= 0.6 is 11.3 Å². The fraction of sp³-hybridized carbons (Fsp3) is 0.0769. The summed E-state index contributed by atoms with van der Waals surface area (Å²) in [7, 11) is 0. The van der Waals surface area contributed by atoms with Crippen molar-refractivity contribution in [1.82, 2.24) is 4.68 Å². The predicted octanol–water partition coefficient (Wildman–Crippen LogP) is 6.11. The van der Waals surface area contributed by atoms with Crippen LogP contribution in [0, 0.1) is 13.8 Å². The molecule has 0 radical (unpaired) electrons. The summed E-state index contributed by atoms with van der Waals surface area (Å²) in [5.41, 5.74) is 4.93. The lowest BCUT2D eigenvalue weighted by Gasteiger charge is -2.05. The van der Waals surface area contributed by atoms with Crippen molar-refractivity contribution in [2.45, 2.75) is 13.8 Å². The molecule has 0 saturated carbocycles. The number of benzene rings is 3. The standard InChI is InChI=1S/C26H21N3O3S/c1-16-7-5-8-17(2)24(16)28-26-29(27-14-19-10-6-11-21(30)25(19)31)20(15-33-26)23-13-18-9-3-4-12-22(18)32-23/h3-15,30-31H,1-2H3. The molecule has 2 heterocycles. The van der Waals surface area contributed by atoms with Gasteiger partial charge >= 0.3 is 0 Å². The first kappa shape index (κ1) is 20.8. The number of aromatic nitrogens is 1. The van der Waals surface area contributed by atoms with E-state index in [2.05, 4.69) is 5.10 Å². The molecule has 2 N–H and O–H groups in total. The number of hydrogen-bond donors (Lipinski definition) is 2. The Morgan fingerprint density at radius 1 is 0.939 bits per heavy atom. The topological polar surface area (TPSA) is 83.2 Å². The van der Waals surface area contributed by atoms with Crippen LogP contribution in [-0.4, -0.2) is 21.1 Å². The van der Waals surface area contributed by atoms with Gasteiger partial charge in [0.2, 0.25) is 4.80 Å². The highest BCUT2D eigenvalue weighted by Gasteiger charge is 2.14. The zero-order valence-corrected chi connectivity index (χ0v) is 18.9. The number of phenols is 2. The van der Waals surface area contributed by atoms with Gasteiger partial charge in [0, 0.05) is 16.3 Å². The Hall–Kier alpha value is -4.10. The van der Waals surface area contributed by atoms with Gasteiger partial charge in [0.25, 0.3) is 0 Å². The van der Waals surface area contributed by atoms with Gasteiger partial charge in [0.1, 0.15) is 11.3 Å². The lowest BCUT2D eigenvalue weighted by atomic mass is 10.1. The quantitative estimate of drug-likeness (QED) is 0.253. The van der Waals surface area contributed by atoms with Gasteiger partial charge in [0.05, 0.1) is 11.9 Å². The van der Waals surface area contributed by atoms with Crippen molar-refractivity contribution in [3.63, 3.8) is 0 Å². The number of furan rings is 1. The fourth-order valence-electron chi connectivity index (χ4n) is 3.62. The van der Waals surface area contributed by atoms with Crippen molar-refractivity contribution < 1.29 is 14.6 Å². The molecule has 0 aliphatic rings. The van der Waals surface area contributed by atoms with Gasteiger partial charge in [-0.25, -0.2) is 9.67 Å². The molecule has 0 fully saturated rings. The lowest BCUT2D eigenvalue weighted by molar-refractivity contribution is 0.403. The highest BCUT2D eigenvalue weighted by atomic mass is 32.1. The van der Waals surface area contributed by atoms with E-state index in [1.165, 1.54) is 23.6 Å². The van der Waals surface area contributed by atoms with Gasteiger partial charge in [0.15, 0.2) is 17.3 Å². The molecule has 5 aromatic rings. The maximum Gasteiger partial charge on any atom is 0.211 e. The molecule has 0 amide bonds. The zero-order chi connectivity index (χ0) is 22.9. The summed E-state index contributed by atoms with van der Waals surface area (Å²) in [4.78, 5) is 5.56. The van der Waals surface area contributed by atoms with E-state index in [1.807, 2.05) is 67.8 Å². The highest BCUT2D eigenvalue weighted by Crippen LogP contribution is 2.30. The van der Waals surface area contributed by atoms with Crippen LogP contribution in [0.2, 0.25) is 0 Å². The molecule has 0 aliphatic heterocycles. The number of para-hydroxylation sites is 3. The van der Waals surface area contributed by atoms with Crippen LogP contribution in [0.1, 0.15) is 16.7 Å². The molecule has 5 rings (SSSR count). The molecule has 33 heavy (non-hydrogen) atoms. The van der Waals surface area contributed by atoms with E-state index < -0.39 is 0 Å². The molecule has 0 aliphatic carbocycles. The molecule has 0 unspecified atom stereocenters. The first-order valence-corrected chi connectivity index (χ1v) is 11.2. The number of hydrogen-bond acceptors (Lipinski definition) is 6. The van der Waals surface area contributed by atoms with Crippen molar-refractivity contribution in [3.05, 3.63) is 93.6 Å². The van der Waals surface area contributed by atoms with Crippen LogP contribution in [0.4, 0.5) is 5.69 Å². The molecule has 0 saturated heterocycles. The summed E-state index contributed by atoms with van der Waals surface area (Å²) < 4.78 is 7.77. The molecule has 0 bridgehead atoms. The van der Waals surface area contributed by atoms with Crippen LogP contribution in [0.3, 0.4) is 0 Å². The molecule has 2 aromatic heterocycles. The fourth-order valence-corrected chi connectivity index (χ4v) is 4.44. The Kier molecular flexibility index (Phi) is 5.32. The molecule has 3 aromatic carbocycles. The number of thiazole rings is 1. The molecular formula is C26H21N3O3S. The molecular weight excluding hydrogens is 434 g/mol. The Balaban J connectivity index is 1.71. The maximum atomic E-state index is 10.2. The predicted molar refractivity (Wildman–Crippen MR) is 131 cm³/mol. The minimum absolute atomic E-state index is 0.202. The first-order valence-electron chi connectivity index (χ1n) is 10.4. The molecule has 6 nitrogen and oxygen atoms in total. The van der Waals surface area contributed by atoms with Crippen molar-refractivity contribution in [1.29, 1.82) is 0 Å². The van der Waals surface area contributed by atoms with Crippen molar-refractivity contribution in [2.24, 2.45) is 10.1 Å². The van der Waals surface area contributed by atoms with E-state index in [0.717, 1.165) is 33.5 Å². The number of aryl methyl sites for hydroxylation is 2. The second kappa shape index (κ2) is 8.44. The van der Waals surface area contributed by atoms with Crippen molar-refractivity contribution >= 4 is 34.2 Å². The zero-order valence-electron chi connectivity index (χ0n) is 18.1. The van der Waals surface area contributed by atoms with E-state index in [0.29, 0.717) is 16.1 Å². The summed E-state index contributed by atoms with van der Waals surface area (Å²) in [6, 6.07) is 20.6.